The van der Waals surface area contributed by atoms with Crippen molar-refractivity contribution in [2.75, 3.05) is 13.2 Å². The van der Waals surface area contributed by atoms with Crippen LogP contribution in [0.25, 0.3) is 0 Å². The molecule has 1 unspecified atom stereocenters. The summed E-state index contributed by atoms with van der Waals surface area (Å²) in [6.07, 6.45) is 2.25. The van der Waals surface area contributed by atoms with Gasteiger partial charge in [-0.1, -0.05) is 34.6 Å². The van der Waals surface area contributed by atoms with Gasteiger partial charge in [-0.2, -0.15) is 0 Å². The molecule has 2 heteroatoms. The van der Waals surface area contributed by atoms with Crippen molar-refractivity contribution in [1.29, 1.82) is 0 Å². The van der Waals surface area contributed by atoms with Gasteiger partial charge in [-0.05, 0) is 44.1 Å². The Morgan fingerprint density at radius 3 is 1.88 bits per heavy atom. The second kappa shape index (κ2) is 7.29. The Bertz CT molecular complexity index is 170. The van der Waals surface area contributed by atoms with Gasteiger partial charge in [-0.15, -0.1) is 0 Å². The number of rotatable bonds is 8. The van der Waals surface area contributed by atoms with Crippen LogP contribution in [0.4, 0.5) is 0 Å². The van der Waals surface area contributed by atoms with Crippen LogP contribution in [-0.4, -0.2) is 18.8 Å². The summed E-state index contributed by atoms with van der Waals surface area (Å²) < 4.78 is 6.17. The third-order valence-electron chi connectivity index (χ3n) is 3.81. The van der Waals surface area contributed by atoms with Gasteiger partial charge in [-0.25, -0.2) is 0 Å². The van der Waals surface area contributed by atoms with E-state index in [0.717, 1.165) is 26.0 Å². The summed E-state index contributed by atoms with van der Waals surface area (Å²) >= 11 is 0. The van der Waals surface area contributed by atoms with E-state index in [2.05, 4.69) is 41.5 Å². The Hall–Kier alpha value is -0.0800. The Kier molecular flexibility index (Phi) is 7.25. The van der Waals surface area contributed by atoms with Crippen LogP contribution in [0.5, 0.6) is 0 Å². The van der Waals surface area contributed by atoms with Crippen molar-refractivity contribution in [1.82, 2.24) is 0 Å². The maximum atomic E-state index is 6.17. The normalized spacial score (nSPS) is 14.8. The van der Waals surface area contributed by atoms with Crippen LogP contribution in [-0.2, 0) is 4.74 Å². The molecule has 0 aliphatic heterocycles. The van der Waals surface area contributed by atoms with Gasteiger partial charge in [0, 0.05) is 6.61 Å². The van der Waals surface area contributed by atoms with E-state index in [1.165, 1.54) is 0 Å². The summed E-state index contributed by atoms with van der Waals surface area (Å²) in [6, 6.07) is 0. The first kappa shape index (κ1) is 15.9. The molecule has 0 saturated carbocycles. The second-order valence-corrected chi connectivity index (χ2v) is 5.43. The molecular formula is C14H31NO. The van der Waals surface area contributed by atoms with Gasteiger partial charge in [0.1, 0.15) is 0 Å². The summed E-state index contributed by atoms with van der Waals surface area (Å²) in [5.74, 6) is 1.65. The van der Waals surface area contributed by atoms with Crippen LogP contribution in [0.3, 0.4) is 0 Å². The van der Waals surface area contributed by atoms with Crippen molar-refractivity contribution in [3.8, 4) is 0 Å². The maximum absolute atomic E-state index is 6.17. The quantitative estimate of drug-likeness (QED) is 0.692. The van der Waals surface area contributed by atoms with Gasteiger partial charge in [-0.3, -0.25) is 0 Å². The van der Waals surface area contributed by atoms with Crippen LogP contribution in [0.1, 0.15) is 54.4 Å². The van der Waals surface area contributed by atoms with E-state index in [1.54, 1.807) is 0 Å². The third-order valence-corrected chi connectivity index (χ3v) is 3.81. The Labute approximate surface area is 102 Å². The fourth-order valence-corrected chi connectivity index (χ4v) is 3.18. The molecule has 0 saturated heterocycles. The number of nitrogens with two attached hydrogens (primary N) is 1. The first-order chi connectivity index (χ1) is 7.43. The summed E-state index contributed by atoms with van der Waals surface area (Å²) in [7, 11) is 0. The highest BCUT2D eigenvalue weighted by molar-refractivity contribution is 4.92. The van der Waals surface area contributed by atoms with Crippen molar-refractivity contribution in [3.05, 3.63) is 0 Å². The molecule has 2 nitrogen and oxygen atoms in total. The molecule has 0 radical (unpaired) electrons. The van der Waals surface area contributed by atoms with E-state index >= 15 is 0 Å². The average molecular weight is 229 g/mol. The van der Waals surface area contributed by atoms with E-state index in [9.17, 15) is 0 Å². The van der Waals surface area contributed by atoms with Gasteiger partial charge in [0.15, 0.2) is 0 Å². The fraction of sp³-hybridized carbons (Fsp3) is 1.00. The van der Waals surface area contributed by atoms with Crippen LogP contribution in [0.2, 0.25) is 0 Å². The molecule has 1 atom stereocenters. The Balaban J connectivity index is 4.85. The highest BCUT2D eigenvalue weighted by atomic mass is 16.5. The standard InChI is InChI=1S/C14H31NO/c1-7-16-14(11(2)3,12(4)5)13(6)9-8-10-15/h11-13H,7-10,15H2,1-6H3. The molecule has 0 amide bonds. The van der Waals surface area contributed by atoms with Crippen molar-refractivity contribution in [3.63, 3.8) is 0 Å². The SMILES string of the molecule is CCOC(C(C)C)(C(C)C)C(C)CCCN. The van der Waals surface area contributed by atoms with Gasteiger partial charge in [0.2, 0.25) is 0 Å². The lowest BCUT2D eigenvalue weighted by atomic mass is 9.70. The molecule has 0 aromatic heterocycles. The molecule has 0 heterocycles. The van der Waals surface area contributed by atoms with Crippen molar-refractivity contribution >= 4 is 0 Å². The zero-order valence-corrected chi connectivity index (χ0v) is 12.0. The van der Waals surface area contributed by atoms with Gasteiger partial charge >= 0.3 is 0 Å². The minimum absolute atomic E-state index is 0.00389. The molecule has 0 rings (SSSR count). The van der Waals surface area contributed by atoms with Crippen molar-refractivity contribution < 1.29 is 4.74 Å². The molecule has 0 bridgehead atoms. The van der Waals surface area contributed by atoms with E-state index in [-0.39, 0.29) is 5.60 Å². The minimum Gasteiger partial charge on any atom is -0.374 e. The van der Waals surface area contributed by atoms with Gasteiger partial charge in [0.25, 0.3) is 0 Å². The van der Waals surface area contributed by atoms with Crippen LogP contribution in [0, 0.1) is 17.8 Å². The van der Waals surface area contributed by atoms with E-state index in [0.29, 0.717) is 17.8 Å². The molecule has 16 heavy (non-hydrogen) atoms. The van der Waals surface area contributed by atoms with Gasteiger partial charge < -0.3 is 10.5 Å². The lowest BCUT2D eigenvalue weighted by molar-refractivity contribution is -0.142. The summed E-state index contributed by atoms with van der Waals surface area (Å²) in [6.45, 7) is 15.1. The first-order valence-electron chi connectivity index (χ1n) is 6.77. The lowest BCUT2D eigenvalue weighted by Gasteiger charge is -2.46. The second-order valence-electron chi connectivity index (χ2n) is 5.43. The molecule has 0 aliphatic rings. The molecule has 0 fully saturated rings. The lowest BCUT2D eigenvalue weighted by Crippen LogP contribution is -2.49. The maximum Gasteiger partial charge on any atom is 0.0753 e. The fourth-order valence-electron chi connectivity index (χ4n) is 3.18. The highest BCUT2D eigenvalue weighted by Crippen LogP contribution is 2.39. The minimum atomic E-state index is 0.00389. The molecule has 0 aromatic rings. The predicted molar refractivity (Wildman–Crippen MR) is 71.5 cm³/mol. The van der Waals surface area contributed by atoms with E-state index in [4.69, 9.17) is 10.5 Å². The van der Waals surface area contributed by atoms with Crippen molar-refractivity contribution in [2.45, 2.75) is 60.0 Å². The van der Waals surface area contributed by atoms with Crippen LogP contribution < -0.4 is 5.73 Å². The molecule has 0 aliphatic carbocycles. The monoisotopic (exact) mass is 229 g/mol. The molecule has 98 valence electrons. The first-order valence-corrected chi connectivity index (χ1v) is 6.77. The van der Waals surface area contributed by atoms with E-state index < -0.39 is 0 Å². The Morgan fingerprint density at radius 1 is 1.06 bits per heavy atom. The summed E-state index contributed by atoms with van der Waals surface area (Å²) in [4.78, 5) is 0. The van der Waals surface area contributed by atoms with E-state index in [1.807, 2.05) is 0 Å². The molecular weight excluding hydrogens is 198 g/mol. The van der Waals surface area contributed by atoms with Crippen molar-refractivity contribution in [2.24, 2.45) is 23.5 Å². The number of ether oxygens (including phenoxy) is 1. The predicted octanol–water partition coefficient (Wildman–Crippen LogP) is 3.45. The van der Waals surface area contributed by atoms with Crippen LogP contribution in [0.15, 0.2) is 0 Å². The Morgan fingerprint density at radius 2 is 1.56 bits per heavy atom. The zero-order chi connectivity index (χ0) is 12.8. The zero-order valence-electron chi connectivity index (χ0n) is 12.0. The molecule has 2 N–H and O–H groups in total. The molecule has 0 spiro atoms. The third kappa shape index (κ3) is 3.46. The highest BCUT2D eigenvalue weighted by Gasteiger charge is 2.42. The molecule has 0 aromatic carbocycles. The smallest absolute Gasteiger partial charge is 0.0753 e. The topological polar surface area (TPSA) is 35.2 Å². The largest absolute Gasteiger partial charge is 0.374 e. The summed E-state index contributed by atoms with van der Waals surface area (Å²) in [5, 5.41) is 0. The number of hydrogen-bond acceptors (Lipinski definition) is 2. The van der Waals surface area contributed by atoms with Gasteiger partial charge in [0.05, 0.1) is 5.60 Å². The number of hydrogen-bond donors (Lipinski definition) is 1. The van der Waals surface area contributed by atoms with Crippen LogP contribution >= 0.6 is 0 Å². The average Bonchev–Trinajstić information content (AvgIpc) is 2.21. The summed E-state index contributed by atoms with van der Waals surface area (Å²) in [5.41, 5.74) is 5.61.